The molecule has 2 aromatic heterocycles. The van der Waals surface area contributed by atoms with E-state index in [-0.39, 0.29) is 23.9 Å². The average molecular weight is 483 g/mol. The molecule has 0 aliphatic rings. The summed E-state index contributed by atoms with van der Waals surface area (Å²) in [6.07, 6.45) is 5.58. The Kier molecular flexibility index (Phi) is 9.69. The first kappa shape index (κ1) is 25.9. The fourth-order valence-electron chi connectivity index (χ4n) is 4.31. The number of benzene rings is 1. The summed E-state index contributed by atoms with van der Waals surface area (Å²) in [6.45, 7) is 9.52. The van der Waals surface area contributed by atoms with E-state index in [1.165, 1.54) is 11.3 Å². The van der Waals surface area contributed by atoms with Gasteiger partial charge in [-0.2, -0.15) is 0 Å². The molecule has 0 saturated heterocycles. The van der Waals surface area contributed by atoms with E-state index in [2.05, 4.69) is 48.5 Å². The molecule has 34 heavy (non-hydrogen) atoms. The highest BCUT2D eigenvalue weighted by Crippen LogP contribution is 2.20. The second-order valence-corrected chi connectivity index (χ2v) is 9.91. The summed E-state index contributed by atoms with van der Waals surface area (Å²) in [6, 6.07) is 12.2. The van der Waals surface area contributed by atoms with Gasteiger partial charge in [0, 0.05) is 25.0 Å². The van der Waals surface area contributed by atoms with Crippen LogP contribution in [0.4, 0.5) is 0 Å². The molecule has 0 fully saturated rings. The van der Waals surface area contributed by atoms with Crippen LogP contribution in [0, 0.1) is 0 Å². The Bertz CT molecular complexity index is 1050. The number of aryl methyl sites for hydroxylation is 1. The number of nitrogens with one attached hydrogen (secondary N) is 1. The van der Waals surface area contributed by atoms with E-state index in [4.69, 9.17) is 4.98 Å². The van der Waals surface area contributed by atoms with Gasteiger partial charge >= 0.3 is 0 Å². The Morgan fingerprint density at radius 2 is 1.76 bits per heavy atom. The molecule has 2 heterocycles. The largest absolute Gasteiger partial charge is 0.351 e. The number of rotatable bonds is 13. The van der Waals surface area contributed by atoms with Crippen molar-refractivity contribution in [1.29, 1.82) is 0 Å². The van der Waals surface area contributed by atoms with E-state index in [1.807, 2.05) is 35.7 Å². The molecule has 3 aromatic rings. The normalized spacial score (nSPS) is 13.1. The summed E-state index contributed by atoms with van der Waals surface area (Å²) in [5.41, 5.74) is 1.95. The molecule has 7 heteroatoms. The molecule has 0 bridgehead atoms. The molecule has 3 rings (SSSR count). The summed E-state index contributed by atoms with van der Waals surface area (Å²) < 4.78 is 2.11. The van der Waals surface area contributed by atoms with E-state index < -0.39 is 0 Å². The van der Waals surface area contributed by atoms with Crippen molar-refractivity contribution in [2.75, 3.05) is 6.54 Å². The zero-order valence-electron chi connectivity index (χ0n) is 20.9. The zero-order chi connectivity index (χ0) is 24.5. The lowest BCUT2D eigenvalue weighted by Crippen LogP contribution is -2.45. The number of carbonyl (C=O) groups is 2. The van der Waals surface area contributed by atoms with Gasteiger partial charge < -0.3 is 14.8 Å². The van der Waals surface area contributed by atoms with Crippen LogP contribution in [-0.2, 0) is 17.8 Å². The Hall–Kier alpha value is -2.67. The molecule has 184 valence electrons. The second-order valence-electron chi connectivity index (χ2n) is 8.96. The molecule has 0 aliphatic heterocycles. The van der Waals surface area contributed by atoms with Crippen LogP contribution in [0.2, 0.25) is 0 Å². The van der Waals surface area contributed by atoms with Gasteiger partial charge in [0.05, 0.1) is 15.9 Å². The second kappa shape index (κ2) is 12.7. The van der Waals surface area contributed by atoms with Gasteiger partial charge in [-0.05, 0) is 63.1 Å². The molecule has 0 spiro atoms. The summed E-state index contributed by atoms with van der Waals surface area (Å²) in [7, 11) is 0. The number of unbranched alkanes of at least 4 members (excludes halogenated alkanes) is 2. The molecular weight excluding hydrogens is 444 g/mol. The maximum atomic E-state index is 13.4. The van der Waals surface area contributed by atoms with Crippen LogP contribution < -0.4 is 5.32 Å². The van der Waals surface area contributed by atoms with E-state index in [9.17, 15) is 9.59 Å². The number of imidazole rings is 1. The number of hydrogen-bond acceptors (Lipinski definition) is 4. The van der Waals surface area contributed by atoms with Crippen molar-refractivity contribution in [3.8, 4) is 0 Å². The third-order valence-electron chi connectivity index (χ3n) is 6.55. The maximum absolute atomic E-state index is 13.4. The molecule has 2 atom stereocenters. The zero-order valence-corrected chi connectivity index (χ0v) is 21.7. The highest BCUT2D eigenvalue weighted by atomic mass is 32.1. The van der Waals surface area contributed by atoms with Crippen LogP contribution in [0.25, 0.3) is 11.0 Å². The van der Waals surface area contributed by atoms with Crippen molar-refractivity contribution in [2.45, 2.75) is 84.8 Å². The Balaban J connectivity index is 1.62. The molecule has 1 aromatic carbocycles. The van der Waals surface area contributed by atoms with Gasteiger partial charge in [-0.1, -0.05) is 38.5 Å². The van der Waals surface area contributed by atoms with Crippen molar-refractivity contribution in [1.82, 2.24) is 19.8 Å². The van der Waals surface area contributed by atoms with Gasteiger partial charge in [-0.25, -0.2) is 4.98 Å². The molecule has 0 saturated carbocycles. The molecule has 2 amide bonds. The van der Waals surface area contributed by atoms with E-state index in [0.717, 1.165) is 60.3 Å². The average Bonchev–Trinajstić information content (AvgIpc) is 3.50. The monoisotopic (exact) mass is 482 g/mol. The van der Waals surface area contributed by atoms with E-state index in [1.54, 1.807) is 0 Å². The first-order valence-corrected chi connectivity index (χ1v) is 13.4. The molecular formula is C27H38N4O2S. The smallest absolute Gasteiger partial charge is 0.261 e. The first-order chi connectivity index (χ1) is 16.5. The minimum atomic E-state index is 0.00229. The third kappa shape index (κ3) is 6.47. The van der Waals surface area contributed by atoms with E-state index >= 15 is 0 Å². The quantitative estimate of drug-likeness (QED) is 0.319. The number of hydrogen-bond donors (Lipinski definition) is 1. The van der Waals surface area contributed by atoms with Crippen LogP contribution in [0.1, 0.15) is 75.3 Å². The predicted molar refractivity (Wildman–Crippen MR) is 140 cm³/mol. The minimum Gasteiger partial charge on any atom is -0.351 e. The number of amides is 2. The van der Waals surface area contributed by atoms with Crippen LogP contribution in [0.15, 0.2) is 41.8 Å². The Labute approximate surface area is 207 Å². The van der Waals surface area contributed by atoms with Crippen LogP contribution >= 0.6 is 11.3 Å². The van der Waals surface area contributed by atoms with Gasteiger partial charge in [0.15, 0.2) is 0 Å². The topological polar surface area (TPSA) is 67.2 Å². The van der Waals surface area contributed by atoms with Gasteiger partial charge in [-0.3, -0.25) is 9.59 Å². The SMILES string of the molecule is CCC(C)N(C(=O)Cn1c(CCCCCNC(=O)c2cccs2)nc2ccccc21)C(C)CC. The number of para-hydroxylation sites is 2. The first-order valence-electron chi connectivity index (χ1n) is 12.5. The van der Waals surface area contributed by atoms with Crippen molar-refractivity contribution < 1.29 is 9.59 Å². The molecule has 0 aliphatic carbocycles. The van der Waals surface area contributed by atoms with E-state index in [0.29, 0.717) is 13.1 Å². The van der Waals surface area contributed by atoms with Gasteiger partial charge in [0.2, 0.25) is 5.91 Å². The van der Waals surface area contributed by atoms with Gasteiger partial charge in [0.25, 0.3) is 5.91 Å². The molecule has 0 radical (unpaired) electrons. The van der Waals surface area contributed by atoms with Crippen LogP contribution in [-0.4, -0.2) is 44.9 Å². The van der Waals surface area contributed by atoms with Gasteiger partial charge in [-0.15, -0.1) is 11.3 Å². The fraction of sp³-hybridized carbons (Fsp3) is 0.519. The number of nitrogens with zero attached hydrogens (tertiary/aromatic N) is 3. The number of thiophene rings is 1. The maximum Gasteiger partial charge on any atom is 0.261 e. The van der Waals surface area contributed by atoms with Crippen molar-refractivity contribution in [3.05, 3.63) is 52.5 Å². The molecule has 6 nitrogen and oxygen atoms in total. The Morgan fingerprint density at radius 1 is 1.03 bits per heavy atom. The van der Waals surface area contributed by atoms with Crippen molar-refractivity contribution in [3.63, 3.8) is 0 Å². The Morgan fingerprint density at radius 3 is 2.44 bits per heavy atom. The summed E-state index contributed by atoms with van der Waals surface area (Å²) in [5.74, 6) is 1.12. The minimum absolute atomic E-state index is 0.00229. The van der Waals surface area contributed by atoms with Crippen molar-refractivity contribution in [2.24, 2.45) is 0 Å². The van der Waals surface area contributed by atoms with Crippen LogP contribution in [0.5, 0.6) is 0 Å². The van der Waals surface area contributed by atoms with Crippen molar-refractivity contribution >= 4 is 34.2 Å². The number of aromatic nitrogens is 2. The number of fused-ring (bicyclic) bond motifs is 1. The lowest BCUT2D eigenvalue weighted by atomic mass is 10.1. The standard InChI is InChI=1S/C27H38N4O2S/c1-5-20(3)31(21(4)6-2)26(32)19-30-23-14-10-9-13-22(23)29-25(30)16-8-7-11-17-28-27(33)24-15-12-18-34-24/h9-10,12-15,18,20-21H,5-8,11,16-17,19H2,1-4H3,(H,28,33). The predicted octanol–water partition coefficient (Wildman–Crippen LogP) is 5.67. The third-order valence-corrected chi connectivity index (χ3v) is 7.42. The summed E-state index contributed by atoms with van der Waals surface area (Å²) >= 11 is 1.46. The van der Waals surface area contributed by atoms with Gasteiger partial charge in [0.1, 0.15) is 12.4 Å². The fourth-order valence-corrected chi connectivity index (χ4v) is 4.95. The van der Waals surface area contributed by atoms with Crippen LogP contribution in [0.3, 0.4) is 0 Å². The molecule has 1 N–H and O–H groups in total. The highest BCUT2D eigenvalue weighted by molar-refractivity contribution is 7.12. The number of carbonyl (C=O) groups excluding carboxylic acids is 2. The highest BCUT2D eigenvalue weighted by Gasteiger charge is 2.25. The summed E-state index contributed by atoms with van der Waals surface area (Å²) in [4.78, 5) is 33.1. The lowest BCUT2D eigenvalue weighted by Gasteiger charge is -2.34. The summed E-state index contributed by atoms with van der Waals surface area (Å²) in [5, 5.41) is 4.90. The lowest BCUT2D eigenvalue weighted by molar-refractivity contribution is -0.136. The molecule has 2 unspecified atom stereocenters.